The van der Waals surface area contributed by atoms with Gasteiger partial charge in [0, 0.05) is 6.54 Å². The second-order valence-corrected chi connectivity index (χ2v) is 5.17. The van der Waals surface area contributed by atoms with Crippen molar-refractivity contribution < 1.29 is 9.53 Å². The number of esters is 1. The first-order valence-electron chi connectivity index (χ1n) is 6.85. The lowest BCUT2D eigenvalue weighted by atomic mass is 9.97. The van der Waals surface area contributed by atoms with Crippen LogP contribution in [0.3, 0.4) is 0 Å². The van der Waals surface area contributed by atoms with Crippen molar-refractivity contribution in [1.82, 2.24) is 4.90 Å². The summed E-state index contributed by atoms with van der Waals surface area (Å²) in [5.74, 6) is -0.151. The largest absolute Gasteiger partial charge is 0.465 e. The monoisotopic (exact) mass is 263 g/mol. The number of carbonyl (C=O) groups excluding carboxylic acids is 1. The molecule has 1 rings (SSSR count). The van der Waals surface area contributed by atoms with Crippen LogP contribution in [0.2, 0.25) is 0 Å². The molecule has 1 aromatic carbocycles. The number of carbonyl (C=O) groups is 1. The molecule has 0 aliphatic heterocycles. The lowest BCUT2D eigenvalue weighted by Crippen LogP contribution is -2.29. The predicted octanol–water partition coefficient (Wildman–Crippen LogP) is 2.65. The topological polar surface area (TPSA) is 29.5 Å². The van der Waals surface area contributed by atoms with E-state index >= 15 is 0 Å². The summed E-state index contributed by atoms with van der Waals surface area (Å²) in [5.41, 5.74) is 5.36. The van der Waals surface area contributed by atoms with Crippen molar-refractivity contribution in [3.05, 3.63) is 34.4 Å². The van der Waals surface area contributed by atoms with Gasteiger partial charge in [-0.2, -0.15) is 0 Å². The van der Waals surface area contributed by atoms with Gasteiger partial charge in [-0.15, -0.1) is 0 Å². The second-order valence-electron chi connectivity index (χ2n) is 5.17. The first-order valence-corrected chi connectivity index (χ1v) is 6.85. The van der Waals surface area contributed by atoms with Gasteiger partial charge in [-0.3, -0.25) is 9.69 Å². The highest BCUT2D eigenvalue weighted by Gasteiger charge is 2.09. The van der Waals surface area contributed by atoms with E-state index in [4.69, 9.17) is 4.74 Å². The third-order valence-electron chi connectivity index (χ3n) is 3.29. The zero-order chi connectivity index (χ0) is 14.4. The van der Waals surface area contributed by atoms with E-state index < -0.39 is 0 Å². The van der Waals surface area contributed by atoms with Gasteiger partial charge in [0.05, 0.1) is 13.2 Å². The molecule has 0 spiro atoms. The van der Waals surface area contributed by atoms with Crippen LogP contribution in [0, 0.1) is 20.8 Å². The van der Waals surface area contributed by atoms with Gasteiger partial charge >= 0.3 is 5.97 Å². The molecule has 0 N–H and O–H groups in total. The smallest absolute Gasteiger partial charge is 0.320 e. The first-order chi connectivity index (χ1) is 8.93. The quantitative estimate of drug-likeness (QED) is 0.739. The highest BCUT2D eigenvalue weighted by atomic mass is 16.5. The van der Waals surface area contributed by atoms with Crippen LogP contribution in [-0.2, 0) is 16.0 Å². The molecule has 0 fully saturated rings. The van der Waals surface area contributed by atoms with E-state index in [2.05, 4.69) is 32.9 Å². The molecule has 0 saturated heterocycles. The van der Waals surface area contributed by atoms with Crippen LogP contribution < -0.4 is 0 Å². The maximum Gasteiger partial charge on any atom is 0.320 e. The Bertz CT molecular complexity index is 417. The number of ether oxygens (including phenoxy) is 1. The van der Waals surface area contributed by atoms with Crippen LogP contribution in [0.15, 0.2) is 12.1 Å². The number of aryl methyl sites for hydroxylation is 3. The Morgan fingerprint density at radius 2 is 1.79 bits per heavy atom. The lowest BCUT2D eigenvalue weighted by molar-refractivity contribution is -0.144. The van der Waals surface area contributed by atoms with Gasteiger partial charge in [-0.25, -0.2) is 0 Å². The minimum absolute atomic E-state index is 0.151. The summed E-state index contributed by atoms with van der Waals surface area (Å²) < 4.78 is 4.95. The lowest BCUT2D eigenvalue weighted by Gasteiger charge is -2.17. The summed E-state index contributed by atoms with van der Waals surface area (Å²) in [5, 5.41) is 0. The summed E-state index contributed by atoms with van der Waals surface area (Å²) in [6, 6.07) is 4.43. The zero-order valence-corrected chi connectivity index (χ0v) is 12.7. The summed E-state index contributed by atoms with van der Waals surface area (Å²) >= 11 is 0. The van der Waals surface area contributed by atoms with E-state index in [-0.39, 0.29) is 5.97 Å². The van der Waals surface area contributed by atoms with E-state index in [9.17, 15) is 4.79 Å². The Balaban J connectivity index is 2.55. The first kappa shape index (κ1) is 15.7. The van der Waals surface area contributed by atoms with Gasteiger partial charge in [-0.05, 0) is 57.9 Å². The SMILES string of the molecule is CCOC(=O)CN(C)CCc1c(C)cc(C)cc1C. The molecule has 19 heavy (non-hydrogen) atoms. The summed E-state index contributed by atoms with van der Waals surface area (Å²) in [7, 11) is 1.95. The fourth-order valence-electron chi connectivity index (χ4n) is 2.41. The van der Waals surface area contributed by atoms with Crippen LogP contribution in [0.5, 0.6) is 0 Å². The maximum absolute atomic E-state index is 11.4. The highest BCUT2D eigenvalue weighted by molar-refractivity contribution is 5.71. The van der Waals surface area contributed by atoms with E-state index in [1.54, 1.807) is 0 Å². The van der Waals surface area contributed by atoms with E-state index in [1.807, 2.05) is 18.9 Å². The number of hydrogen-bond acceptors (Lipinski definition) is 3. The molecule has 0 aliphatic carbocycles. The fourth-order valence-corrected chi connectivity index (χ4v) is 2.41. The number of nitrogens with zero attached hydrogens (tertiary/aromatic N) is 1. The molecule has 0 radical (unpaired) electrons. The summed E-state index contributed by atoms with van der Waals surface area (Å²) in [4.78, 5) is 13.4. The molecule has 0 atom stereocenters. The minimum atomic E-state index is -0.151. The maximum atomic E-state index is 11.4. The molecular formula is C16H25NO2. The van der Waals surface area contributed by atoms with Crippen molar-refractivity contribution in [2.75, 3.05) is 26.7 Å². The van der Waals surface area contributed by atoms with Crippen LogP contribution in [0.4, 0.5) is 0 Å². The van der Waals surface area contributed by atoms with Gasteiger partial charge in [0.2, 0.25) is 0 Å². The van der Waals surface area contributed by atoms with Crippen LogP contribution in [-0.4, -0.2) is 37.6 Å². The van der Waals surface area contributed by atoms with E-state index in [0.717, 1.165) is 13.0 Å². The van der Waals surface area contributed by atoms with Gasteiger partial charge in [0.25, 0.3) is 0 Å². The number of benzene rings is 1. The van der Waals surface area contributed by atoms with Crippen LogP contribution >= 0.6 is 0 Å². The molecule has 0 amide bonds. The Hall–Kier alpha value is -1.35. The molecule has 0 unspecified atom stereocenters. The molecule has 3 heteroatoms. The fraction of sp³-hybridized carbons (Fsp3) is 0.562. The normalized spacial score (nSPS) is 10.8. The van der Waals surface area contributed by atoms with Gasteiger partial charge in [0.1, 0.15) is 0 Å². The average molecular weight is 263 g/mol. The molecule has 0 saturated carbocycles. The minimum Gasteiger partial charge on any atom is -0.465 e. The molecule has 0 bridgehead atoms. The van der Waals surface area contributed by atoms with Crippen molar-refractivity contribution in [3.8, 4) is 0 Å². The highest BCUT2D eigenvalue weighted by Crippen LogP contribution is 2.17. The van der Waals surface area contributed by atoms with Gasteiger partial charge < -0.3 is 4.74 Å². The van der Waals surface area contributed by atoms with Gasteiger partial charge in [0.15, 0.2) is 0 Å². The number of rotatable bonds is 6. The molecule has 106 valence electrons. The Morgan fingerprint density at radius 3 is 2.32 bits per heavy atom. The van der Waals surface area contributed by atoms with Crippen molar-refractivity contribution >= 4 is 5.97 Å². The van der Waals surface area contributed by atoms with Crippen molar-refractivity contribution in [2.24, 2.45) is 0 Å². The molecule has 0 heterocycles. The predicted molar refractivity (Wildman–Crippen MR) is 78.5 cm³/mol. The standard InChI is InChI=1S/C16H25NO2/c1-6-19-16(18)11-17(5)8-7-15-13(3)9-12(2)10-14(15)4/h9-10H,6-8,11H2,1-5H3. The third kappa shape index (κ3) is 5.03. The molecule has 0 aromatic heterocycles. The third-order valence-corrected chi connectivity index (χ3v) is 3.29. The average Bonchev–Trinajstić information content (AvgIpc) is 2.27. The Labute approximate surface area is 116 Å². The van der Waals surface area contributed by atoms with Crippen LogP contribution in [0.25, 0.3) is 0 Å². The number of hydrogen-bond donors (Lipinski definition) is 0. The molecule has 0 aliphatic rings. The molecular weight excluding hydrogens is 238 g/mol. The number of likely N-dealkylation sites (N-methyl/N-ethyl adjacent to an activating group) is 1. The Kier molecular flexibility index (Phi) is 6.03. The second kappa shape index (κ2) is 7.29. The summed E-state index contributed by atoms with van der Waals surface area (Å²) in [6.07, 6.45) is 0.966. The van der Waals surface area contributed by atoms with E-state index in [1.165, 1.54) is 22.3 Å². The molecule has 3 nitrogen and oxygen atoms in total. The zero-order valence-electron chi connectivity index (χ0n) is 12.7. The van der Waals surface area contributed by atoms with E-state index in [0.29, 0.717) is 13.2 Å². The molecule has 1 aromatic rings. The van der Waals surface area contributed by atoms with Crippen LogP contribution in [0.1, 0.15) is 29.2 Å². The summed E-state index contributed by atoms with van der Waals surface area (Å²) in [6.45, 7) is 9.93. The van der Waals surface area contributed by atoms with Crippen molar-refractivity contribution in [1.29, 1.82) is 0 Å². The Morgan fingerprint density at radius 1 is 1.21 bits per heavy atom. The van der Waals surface area contributed by atoms with Crippen molar-refractivity contribution in [3.63, 3.8) is 0 Å². The van der Waals surface area contributed by atoms with Crippen molar-refractivity contribution in [2.45, 2.75) is 34.1 Å². The van der Waals surface area contributed by atoms with Gasteiger partial charge in [-0.1, -0.05) is 17.7 Å².